The number of nitrogens with zero attached hydrogens (tertiary/aromatic N) is 6. The highest BCUT2D eigenvalue weighted by Crippen LogP contribution is 2.35. The van der Waals surface area contributed by atoms with Crippen LogP contribution in [0.2, 0.25) is 0 Å². The average Bonchev–Trinajstić information content (AvgIpc) is 3.66. The summed E-state index contributed by atoms with van der Waals surface area (Å²) in [5.41, 5.74) is 7.42. The number of hydrogen-bond acceptors (Lipinski definition) is 6. The fourth-order valence-corrected chi connectivity index (χ4v) is 5.29. The summed E-state index contributed by atoms with van der Waals surface area (Å²) >= 11 is 0. The van der Waals surface area contributed by atoms with Crippen LogP contribution in [-0.2, 0) is 6.54 Å². The van der Waals surface area contributed by atoms with E-state index in [-0.39, 0.29) is 12.6 Å². The number of nitriles is 1. The summed E-state index contributed by atoms with van der Waals surface area (Å²) in [6.07, 6.45) is 5.10. The first-order valence-corrected chi connectivity index (χ1v) is 12.5. The van der Waals surface area contributed by atoms with E-state index in [4.69, 9.17) is 5.26 Å². The Morgan fingerprint density at radius 2 is 2.03 bits per heavy atom. The third-order valence-electron chi connectivity index (χ3n) is 7.36. The van der Waals surface area contributed by atoms with Crippen LogP contribution >= 0.6 is 0 Å². The molecule has 8 heteroatoms. The van der Waals surface area contributed by atoms with Crippen molar-refractivity contribution in [3.05, 3.63) is 72.2 Å². The van der Waals surface area contributed by atoms with Crippen molar-refractivity contribution in [3.8, 4) is 34.4 Å². The van der Waals surface area contributed by atoms with Crippen LogP contribution in [-0.4, -0.2) is 56.7 Å². The molecule has 0 bridgehead atoms. The fourth-order valence-electron chi connectivity index (χ4n) is 5.29. The molecule has 4 heterocycles. The minimum atomic E-state index is 0.134. The topological polar surface area (TPSA) is 94.9 Å². The second-order valence-electron chi connectivity index (χ2n) is 9.86. The Morgan fingerprint density at radius 3 is 2.83 bits per heavy atom. The lowest BCUT2D eigenvalue weighted by atomic mass is 10.1. The first-order valence-electron chi connectivity index (χ1n) is 12.5. The molecule has 2 aliphatic heterocycles. The number of nitrogens with one attached hydrogen (secondary N) is 1. The molecule has 0 saturated carbocycles. The molecule has 2 aromatic carbocycles. The smallest absolute Gasteiger partial charge is 0.185 e. The zero-order chi connectivity index (χ0) is 24.6. The summed E-state index contributed by atoms with van der Waals surface area (Å²) < 4.78 is 4.32. The van der Waals surface area contributed by atoms with Crippen LogP contribution in [0.5, 0.6) is 0 Å². The van der Waals surface area contributed by atoms with Gasteiger partial charge < -0.3 is 19.9 Å². The van der Waals surface area contributed by atoms with Crippen molar-refractivity contribution in [2.45, 2.75) is 25.9 Å². The van der Waals surface area contributed by atoms with Crippen molar-refractivity contribution in [1.82, 2.24) is 24.6 Å². The normalized spacial score (nSPS) is 17.1. The molecule has 36 heavy (non-hydrogen) atoms. The lowest BCUT2D eigenvalue weighted by Crippen LogP contribution is -2.34. The molecule has 1 fully saturated rings. The van der Waals surface area contributed by atoms with E-state index in [0.29, 0.717) is 11.5 Å². The quantitative estimate of drug-likeness (QED) is 0.388. The number of benzene rings is 2. The molecule has 2 aromatic heterocycles. The Morgan fingerprint density at radius 1 is 1.17 bits per heavy atom. The van der Waals surface area contributed by atoms with Gasteiger partial charge in [0.15, 0.2) is 5.82 Å². The van der Waals surface area contributed by atoms with Gasteiger partial charge in [0.1, 0.15) is 6.33 Å². The van der Waals surface area contributed by atoms with Crippen molar-refractivity contribution in [2.75, 3.05) is 31.1 Å². The van der Waals surface area contributed by atoms with Crippen LogP contribution in [0.3, 0.4) is 0 Å². The summed E-state index contributed by atoms with van der Waals surface area (Å²) in [5.74, 6) is 1.40. The molecule has 2 aliphatic rings. The van der Waals surface area contributed by atoms with Gasteiger partial charge in [-0.3, -0.25) is 4.57 Å². The molecule has 8 nitrogen and oxygen atoms in total. The first kappa shape index (κ1) is 22.5. The standard InChI is InChI=1S/C28H29N7O/c1-19(17-36)30-13-21-8-9-33(14-21)25-6-7-26-24(10-25)16-34-15-23(22-4-2-20(12-29)3-5-22)11-27(34)28-32-31-18-35(26)28/h2-7,10-11,15,18-19,21,30,36H,8-9,13-14,16-17H2,1H3/t19-,21+/m1/s1. The minimum absolute atomic E-state index is 0.134. The number of aliphatic hydroxyl groups excluding tert-OH is 1. The zero-order valence-electron chi connectivity index (χ0n) is 20.3. The number of hydrogen-bond donors (Lipinski definition) is 2. The largest absolute Gasteiger partial charge is 0.395 e. The number of anilines is 1. The summed E-state index contributed by atoms with van der Waals surface area (Å²) in [4.78, 5) is 2.47. The predicted molar refractivity (Wildman–Crippen MR) is 139 cm³/mol. The lowest BCUT2D eigenvalue weighted by Gasteiger charge is -2.21. The van der Waals surface area contributed by atoms with Crippen molar-refractivity contribution in [2.24, 2.45) is 5.92 Å². The van der Waals surface area contributed by atoms with Crippen molar-refractivity contribution in [1.29, 1.82) is 5.26 Å². The predicted octanol–water partition coefficient (Wildman–Crippen LogP) is 3.43. The molecule has 0 aliphatic carbocycles. The van der Waals surface area contributed by atoms with Gasteiger partial charge in [-0.15, -0.1) is 10.2 Å². The van der Waals surface area contributed by atoms with E-state index in [1.54, 1.807) is 6.33 Å². The minimum Gasteiger partial charge on any atom is -0.395 e. The summed E-state index contributed by atoms with van der Waals surface area (Å²) in [5, 5.41) is 30.5. The lowest BCUT2D eigenvalue weighted by molar-refractivity contribution is 0.247. The number of aromatic nitrogens is 4. The fraction of sp³-hybridized carbons (Fsp3) is 0.321. The molecule has 6 rings (SSSR count). The molecule has 2 atom stereocenters. The Balaban J connectivity index is 1.30. The van der Waals surface area contributed by atoms with Gasteiger partial charge in [0.05, 0.1) is 29.6 Å². The third-order valence-corrected chi connectivity index (χ3v) is 7.36. The van der Waals surface area contributed by atoms with Crippen LogP contribution in [0.15, 0.2) is 61.1 Å². The zero-order valence-corrected chi connectivity index (χ0v) is 20.3. The van der Waals surface area contributed by atoms with E-state index in [0.717, 1.165) is 60.9 Å². The third kappa shape index (κ3) is 4.06. The second-order valence-corrected chi connectivity index (χ2v) is 9.86. The molecule has 0 radical (unpaired) electrons. The number of aliphatic hydroxyl groups is 1. The molecule has 1 saturated heterocycles. The van der Waals surface area contributed by atoms with Crippen LogP contribution < -0.4 is 10.2 Å². The summed E-state index contributed by atoms with van der Waals surface area (Å²) in [6, 6.07) is 18.9. The van der Waals surface area contributed by atoms with Gasteiger partial charge in [0.2, 0.25) is 0 Å². The van der Waals surface area contributed by atoms with Gasteiger partial charge in [-0.05, 0) is 66.8 Å². The SMILES string of the molecule is C[C@H](CO)NC[C@@H]1CCN(c2ccc3c(c2)Cn2cc(-c4ccc(C#N)cc4)cc2-c2nncn2-3)C1. The highest BCUT2D eigenvalue weighted by molar-refractivity contribution is 5.72. The average molecular weight is 480 g/mol. The van der Waals surface area contributed by atoms with E-state index in [1.807, 2.05) is 31.2 Å². The Bertz CT molecular complexity index is 1430. The number of rotatable bonds is 6. The molecular formula is C28H29N7O. The van der Waals surface area contributed by atoms with Crippen molar-refractivity contribution >= 4 is 5.69 Å². The maximum absolute atomic E-state index is 9.29. The highest BCUT2D eigenvalue weighted by Gasteiger charge is 2.26. The molecule has 4 aromatic rings. The molecule has 0 spiro atoms. The van der Waals surface area contributed by atoms with E-state index in [9.17, 15) is 5.11 Å². The Kier molecular flexibility index (Phi) is 5.80. The van der Waals surface area contributed by atoms with Gasteiger partial charge in [0, 0.05) is 49.7 Å². The van der Waals surface area contributed by atoms with E-state index < -0.39 is 0 Å². The second kappa shape index (κ2) is 9.26. The van der Waals surface area contributed by atoms with Crippen LogP contribution in [0.4, 0.5) is 5.69 Å². The summed E-state index contributed by atoms with van der Waals surface area (Å²) in [7, 11) is 0. The molecule has 0 amide bonds. The maximum atomic E-state index is 9.29. The van der Waals surface area contributed by atoms with Gasteiger partial charge in [-0.2, -0.15) is 5.26 Å². The summed E-state index contributed by atoms with van der Waals surface area (Å²) in [6.45, 7) is 5.90. The Labute approximate surface area is 210 Å². The molecular weight excluding hydrogens is 450 g/mol. The van der Waals surface area contributed by atoms with E-state index in [1.165, 1.54) is 11.3 Å². The first-order chi connectivity index (χ1) is 17.6. The van der Waals surface area contributed by atoms with Crippen LogP contribution in [0, 0.1) is 17.2 Å². The monoisotopic (exact) mass is 479 g/mol. The molecule has 2 N–H and O–H groups in total. The van der Waals surface area contributed by atoms with Crippen LogP contribution in [0.1, 0.15) is 24.5 Å². The van der Waals surface area contributed by atoms with E-state index >= 15 is 0 Å². The van der Waals surface area contributed by atoms with Gasteiger partial charge in [0.25, 0.3) is 0 Å². The van der Waals surface area contributed by atoms with Crippen LogP contribution in [0.25, 0.3) is 28.3 Å². The van der Waals surface area contributed by atoms with Gasteiger partial charge in [-0.25, -0.2) is 0 Å². The van der Waals surface area contributed by atoms with E-state index in [2.05, 4.69) is 66.1 Å². The number of fused-ring (bicyclic) bond motifs is 5. The highest BCUT2D eigenvalue weighted by atomic mass is 16.3. The Hall–Kier alpha value is -3.93. The van der Waals surface area contributed by atoms with Crippen molar-refractivity contribution < 1.29 is 5.11 Å². The van der Waals surface area contributed by atoms with Gasteiger partial charge in [-0.1, -0.05) is 12.1 Å². The maximum Gasteiger partial charge on any atom is 0.185 e. The van der Waals surface area contributed by atoms with Crippen molar-refractivity contribution in [3.63, 3.8) is 0 Å². The molecule has 0 unspecified atom stereocenters. The van der Waals surface area contributed by atoms with Gasteiger partial charge >= 0.3 is 0 Å². The molecule has 182 valence electrons.